The second-order valence-corrected chi connectivity index (χ2v) is 3.20. The molecule has 1 aromatic carbocycles. The van der Waals surface area contributed by atoms with E-state index < -0.39 is 0 Å². The zero-order chi connectivity index (χ0) is 9.68. The standard InChI is InChI=1S/C10H13FOS/c1-12-10-6-2-5-9(11)8(10)4-3-7-13/h2,5-6,13H,3-4,7H2,1H3. The summed E-state index contributed by atoms with van der Waals surface area (Å²) >= 11 is 4.09. The van der Waals surface area contributed by atoms with E-state index in [1.807, 2.05) is 0 Å². The maximum atomic E-state index is 13.3. The Morgan fingerprint density at radius 2 is 2.23 bits per heavy atom. The summed E-state index contributed by atoms with van der Waals surface area (Å²) in [6.07, 6.45) is 1.54. The molecule has 0 aromatic heterocycles. The number of rotatable bonds is 4. The first kappa shape index (κ1) is 10.4. The van der Waals surface area contributed by atoms with Gasteiger partial charge in [0.1, 0.15) is 11.6 Å². The molecule has 72 valence electrons. The number of hydrogen-bond donors (Lipinski definition) is 1. The lowest BCUT2D eigenvalue weighted by atomic mass is 10.1. The van der Waals surface area contributed by atoms with Crippen molar-refractivity contribution >= 4 is 12.6 Å². The molecule has 0 spiro atoms. The lowest BCUT2D eigenvalue weighted by Gasteiger charge is -2.08. The Balaban J connectivity index is 2.87. The molecular weight excluding hydrogens is 187 g/mol. The van der Waals surface area contributed by atoms with Crippen molar-refractivity contribution in [1.82, 2.24) is 0 Å². The van der Waals surface area contributed by atoms with E-state index in [0.29, 0.717) is 17.7 Å². The Bertz CT molecular complexity index is 276. The molecule has 3 heteroatoms. The van der Waals surface area contributed by atoms with Gasteiger partial charge >= 0.3 is 0 Å². The Labute approximate surface area is 83.3 Å². The van der Waals surface area contributed by atoms with Crippen LogP contribution in [0.25, 0.3) is 0 Å². The van der Waals surface area contributed by atoms with Crippen LogP contribution in [-0.4, -0.2) is 12.9 Å². The van der Waals surface area contributed by atoms with Gasteiger partial charge in [0.2, 0.25) is 0 Å². The summed E-state index contributed by atoms with van der Waals surface area (Å²) in [5.74, 6) is 1.19. The summed E-state index contributed by atoms with van der Waals surface area (Å²) in [4.78, 5) is 0. The van der Waals surface area contributed by atoms with Gasteiger partial charge in [-0.2, -0.15) is 12.6 Å². The van der Waals surface area contributed by atoms with Crippen LogP contribution in [0.2, 0.25) is 0 Å². The van der Waals surface area contributed by atoms with Crippen LogP contribution >= 0.6 is 12.6 Å². The maximum Gasteiger partial charge on any atom is 0.130 e. The molecule has 0 saturated carbocycles. The van der Waals surface area contributed by atoms with E-state index in [1.54, 1.807) is 19.2 Å². The van der Waals surface area contributed by atoms with E-state index in [9.17, 15) is 4.39 Å². The molecule has 0 saturated heterocycles. The van der Waals surface area contributed by atoms with Gasteiger partial charge in [-0.05, 0) is 30.7 Å². The molecule has 0 aliphatic rings. The average Bonchev–Trinajstić information content (AvgIpc) is 2.15. The monoisotopic (exact) mass is 200 g/mol. The molecule has 0 radical (unpaired) electrons. The van der Waals surface area contributed by atoms with E-state index in [4.69, 9.17) is 4.74 Å². The minimum absolute atomic E-state index is 0.193. The molecule has 1 rings (SSSR count). The van der Waals surface area contributed by atoms with Crippen molar-refractivity contribution in [2.45, 2.75) is 12.8 Å². The normalized spacial score (nSPS) is 10.1. The summed E-state index contributed by atoms with van der Waals surface area (Å²) in [5, 5.41) is 0. The van der Waals surface area contributed by atoms with Crippen molar-refractivity contribution in [3.63, 3.8) is 0 Å². The zero-order valence-electron chi connectivity index (χ0n) is 7.59. The highest BCUT2D eigenvalue weighted by Crippen LogP contribution is 2.22. The molecular formula is C10H13FOS. The zero-order valence-corrected chi connectivity index (χ0v) is 8.48. The maximum absolute atomic E-state index is 13.3. The van der Waals surface area contributed by atoms with Crippen molar-refractivity contribution in [1.29, 1.82) is 0 Å². The van der Waals surface area contributed by atoms with Crippen molar-refractivity contribution in [3.8, 4) is 5.75 Å². The van der Waals surface area contributed by atoms with Crippen LogP contribution in [0.5, 0.6) is 5.75 Å². The molecule has 0 fully saturated rings. The van der Waals surface area contributed by atoms with E-state index >= 15 is 0 Å². The molecule has 0 heterocycles. The molecule has 0 atom stereocenters. The van der Waals surface area contributed by atoms with Crippen LogP contribution < -0.4 is 4.74 Å². The Kier molecular flexibility index (Phi) is 4.09. The van der Waals surface area contributed by atoms with Gasteiger partial charge in [0.25, 0.3) is 0 Å². The summed E-state index contributed by atoms with van der Waals surface area (Å²) in [7, 11) is 1.55. The predicted molar refractivity (Wildman–Crippen MR) is 55.1 cm³/mol. The molecule has 0 aliphatic carbocycles. The third-order valence-corrected chi connectivity index (χ3v) is 2.20. The minimum Gasteiger partial charge on any atom is -0.496 e. The Morgan fingerprint density at radius 3 is 2.85 bits per heavy atom. The molecule has 0 amide bonds. The van der Waals surface area contributed by atoms with Gasteiger partial charge in [-0.15, -0.1) is 0 Å². The summed E-state index contributed by atoms with van der Waals surface area (Å²) in [5.41, 5.74) is 0.652. The molecule has 13 heavy (non-hydrogen) atoms. The fourth-order valence-corrected chi connectivity index (χ4v) is 1.39. The second kappa shape index (κ2) is 5.12. The Morgan fingerprint density at radius 1 is 1.46 bits per heavy atom. The largest absolute Gasteiger partial charge is 0.496 e. The third-order valence-electron chi connectivity index (χ3n) is 1.88. The first-order valence-electron chi connectivity index (χ1n) is 4.22. The van der Waals surface area contributed by atoms with E-state index in [0.717, 1.165) is 12.2 Å². The van der Waals surface area contributed by atoms with Crippen molar-refractivity contribution in [2.24, 2.45) is 0 Å². The highest BCUT2D eigenvalue weighted by atomic mass is 32.1. The lowest BCUT2D eigenvalue weighted by molar-refractivity contribution is 0.404. The molecule has 1 nitrogen and oxygen atoms in total. The fourth-order valence-electron chi connectivity index (χ4n) is 1.23. The van der Waals surface area contributed by atoms with Gasteiger partial charge in [0, 0.05) is 5.56 Å². The molecule has 0 unspecified atom stereocenters. The van der Waals surface area contributed by atoms with E-state index in [1.165, 1.54) is 6.07 Å². The lowest BCUT2D eigenvalue weighted by Crippen LogP contribution is -1.96. The van der Waals surface area contributed by atoms with Crippen LogP contribution in [0.4, 0.5) is 4.39 Å². The highest BCUT2D eigenvalue weighted by molar-refractivity contribution is 7.80. The smallest absolute Gasteiger partial charge is 0.130 e. The quantitative estimate of drug-likeness (QED) is 0.735. The summed E-state index contributed by atoms with van der Waals surface area (Å²) in [6.45, 7) is 0. The predicted octanol–water partition coefficient (Wildman–Crippen LogP) is 2.70. The number of benzene rings is 1. The highest BCUT2D eigenvalue weighted by Gasteiger charge is 2.07. The second-order valence-electron chi connectivity index (χ2n) is 2.75. The van der Waals surface area contributed by atoms with Gasteiger partial charge < -0.3 is 4.74 Å². The molecule has 0 N–H and O–H groups in total. The SMILES string of the molecule is COc1cccc(F)c1CCCS. The number of halogens is 1. The molecule has 0 aliphatic heterocycles. The first-order chi connectivity index (χ1) is 6.29. The number of thiol groups is 1. The third kappa shape index (κ3) is 2.62. The topological polar surface area (TPSA) is 9.23 Å². The van der Waals surface area contributed by atoms with Crippen LogP contribution in [0.1, 0.15) is 12.0 Å². The van der Waals surface area contributed by atoms with Gasteiger partial charge in [-0.1, -0.05) is 6.07 Å². The van der Waals surface area contributed by atoms with Crippen LogP contribution in [-0.2, 0) is 6.42 Å². The fraction of sp³-hybridized carbons (Fsp3) is 0.400. The molecule has 1 aromatic rings. The van der Waals surface area contributed by atoms with E-state index in [-0.39, 0.29) is 5.82 Å². The van der Waals surface area contributed by atoms with Gasteiger partial charge in [0.05, 0.1) is 7.11 Å². The Hall–Kier alpha value is -0.700. The van der Waals surface area contributed by atoms with Crippen LogP contribution in [0.15, 0.2) is 18.2 Å². The van der Waals surface area contributed by atoms with Gasteiger partial charge in [0.15, 0.2) is 0 Å². The summed E-state index contributed by atoms with van der Waals surface area (Å²) in [6, 6.07) is 4.88. The van der Waals surface area contributed by atoms with Crippen LogP contribution in [0.3, 0.4) is 0 Å². The van der Waals surface area contributed by atoms with Crippen molar-refractivity contribution < 1.29 is 9.13 Å². The average molecular weight is 200 g/mol. The number of hydrogen-bond acceptors (Lipinski definition) is 2. The summed E-state index contributed by atoms with van der Waals surface area (Å²) < 4.78 is 18.3. The van der Waals surface area contributed by atoms with Crippen LogP contribution in [0, 0.1) is 5.82 Å². The van der Waals surface area contributed by atoms with Gasteiger partial charge in [-0.25, -0.2) is 4.39 Å². The number of methoxy groups -OCH3 is 1. The molecule has 0 bridgehead atoms. The van der Waals surface area contributed by atoms with Gasteiger partial charge in [-0.3, -0.25) is 0 Å². The van der Waals surface area contributed by atoms with E-state index in [2.05, 4.69) is 12.6 Å². The first-order valence-corrected chi connectivity index (χ1v) is 4.85. The minimum atomic E-state index is -0.193. The van der Waals surface area contributed by atoms with Crippen molar-refractivity contribution in [2.75, 3.05) is 12.9 Å². The van der Waals surface area contributed by atoms with Crippen molar-refractivity contribution in [3.05, 3.63) is 29.6 Å². The number of ether oxygens (including phenoxy) is 1.